The Kier molecular flexibility index (Phi) is 6.07. The highest BCUT2D eigenvalue weighted by atomic mass is 35.5. The Morgan fingerprint density at radius 2 is 1.86 bits per heavy atom. The van der Waals surface area contributed by atoms with Gasteiger partial charge in [-0.15, -0.1) is 0 Å². The molecule has 2 atom stereocenters. The fourth-order valence-electron chi connectivity index (χ4n) is 2.64. The first-order valence-corrected chi connectivity index (χ1v) is 10.9. The summed E-state index contributed by atoms with van der Waals surface area (Å²) in [6.07, 6.45) is 2.09. The third kappa shape index (κ3) is 4.89. The van der Waals surface area contributed by atoms with Gasteiger partial charge in [0.25, 0.3) is 0 Å². The van der Waals surface area contributed by atoms with E-state index < -0.39 is 28.0 Å². The SMILES string of the molecule is CC(C)C(NC(=O)[C@H](C)NS(=O)(=O)c1ccc(Cl)cc1)c1nc(C2CC2)no1. The first kappa shape index (κ1) is 20.8. The van der Waals surface area contributed by atoms with Crippen molar-refractivity contribution in [1.29, 1.82) is 0 Å². The lowest BCUT2D eigenvalue weighted by Crippen LogP contribution is -2.46. The molecule has 1 fully saturated rings. The number of amides is 1. The van der Waals surface area contributed by atoms with Gasteiger partial charge in [0.05, 0.1) is 10.9 Å². The van der Waals surface area contributed by atoms with E-state index in [1.54, 1.807) is 0 Å². The van der Waals surface area contributed by atoms with Crippen molar-refractivity contribution in [3.05, 3.63) is 41.0 Å². The molecule has 2 aromatic rings. The van der Waals surface area contributed by atoms with Crippen LogP contribution in [0.2, 0.25) is 5.02 Å². The Balaban J connectivity index is 1.67. The highest BCUT2D eigenvalue weighted by molar-refractivity contribution is 7.89. The summed E-state index contributed by atoms with van der Waals surface area (Å²) in [5.41, 5.74) is 0. The van der Waals surface area contributed by atoms with Crippen LogP contribution in [0.5, 0.6) is 0 Å². The van der Waals surface area contributed by atoms with Crippen molar-refractivity contribution < 1.29 is 17.7 Å². The number of carbonyl (C=O) groups excluding carboxylic acids is 1. The van der Waals surface area contributed by atoms with Gasteiger partial charge < -0.3 is 9.84 Å². The van der Waals surface area contributed by atoms with Crippen LogP contribution in [0, 0.1) is 5.92 Å². The smallest absolute Gasteiger partial charge is 0.249 e. The molecule has 3 rings (SSSR count). The molecule has 0 radical (unpaired) electrons. The van der Waals surface area contributed by atoms with Crippen LogP contribution in [0.1, 0.15) is 57.3 Å². The number of nitrogens with one attached hydrogen (secondary N) is 2. The van der Waals surface area contributed by atoms with Crippen LogP contribution in [0.15, 0.2) is 33.7 Å². The molecular weight excluding hydrogens is 404 g/mol. The van der Waals surface area contributed by atoms with Gasteiger partial charge in [-0.25, -0.2) is 8.42 Å². The fourth-order valence-corrected chi connectivity index (χ4v) is 3.97. The molecular formula is C18H23ClN4O4S. The van der Waals surface area contributed by atoms with Crippen molar-refractivity contribution in [2.45, 2.75) is 56.5 Å². The minimum Gasteiger partial charge on any atom is -0.343 e. The van der Waals surface area contributed by atoms with Crippen LogP contribution in [0.25, 0.3) is 0 Å². The number of hydrogen-bond acceptors (Lipinski definition) is 6. The summed E-state index contributed by atoms with van der Waals surface area (Å²) in [6, 6.07) is 4.21. The molecule has 1 aromatic heterocycles. The summed E-state index contributed by atoms with van der Waals surface area (Å²) in [6.45, 7) is 5.30. The maximum Gasteiger partial charge on any atom is 0.249 e. The molecule has 1 amide bonds. The molecule has 1 aliphatic rings. The molecule has 2 N–H and O–H groups in total. The van der Waals surface area contributed by atoms with Crippen molar-refractivity contribution in [2.75, 3.05) is 0 Å². The maximum absolute atomic E-state index is 12.6. The highest BCUT2D eigenvalue weighted by Crippen LogP contribution is 2.38. The molecule has 0 saturated heterocycles. The fraction of sp³-hybridized carbons (Fsp3) is 0.500. The van der Waals surface area contributed by atoms with Gasteiger partial charge in [0, 0.05) is 10.9 Å². The van der Waals surface area contributed by atoms with Crippen LogP contribution in [0.3, 0.4) is 0 Å². The molecule has 1 saturated carbocycles. The summed E-state index contributed by atoms with van der Waals surface area (Å²) in [5, 5.41) is 7.21. The average Bonchev–Trinajstić information content (AvgIpc) is 3.37. The number of rotatable bonds is 8. The zero-order chi connectivity index (χ0) is 20.5. The molecule has 28 heavy (non-hydrogen) atoms. The lowest BCUT2D eigenvalue weighted by Gasteiger charge is -2.21. The van der Waals surface area contributed by atoms with Crippen molar-refractivity contribution in [1.82, 2.24) is 20.2 Å². The van der Waals surface area contributed by atoms with Crippen molar-refractivity contribution in [3.8, 4) is 0 Å². The Hall–Kier alpha value is -1.97. The monoisotopic (exact) mass is 426 g/mol. The van der Waals surface area contributed by atoms with Crippen LogP contribution < -0.4 is 10.0 Å². The van der Waals surface area contributed by atoms with Gasteiger partial charge in [0.1, 0.15) is 6.04 Å². The molecule has 10 heteroatoms. The molecule has 1 aliphatic carbocycles. The predicted molar refractivity (Wildman–Crippen MR) is 103 cm³/mol. The van der Waals surface area contributed by atoms with E-state index in [9.17, 15) is 13.2 Å². The molecule has 0 aliphatic heterocycles. The average molecular weight is 427 g/mol. The van der Waals surface area contributed by atoms with Gasteiger partial charge >= 0.3 is 0 Å². The van der Waals surface area contributed by atoms with Gasteiger partial charge in [0.2, 0.25) is 21.8 Å². The second-order valence-corrected chi connectivity index (χ2v) is 9.44. The minimum atomic E-state index is -3.86. The number of aromatic nitrogens is 2. The Morgan fingerprint density at radius 1 is 1.21 bits per heavy atom. The molecule has 1 aromatic carbocycles. The number of sulfonamides is 1. The van der Waals surface area contributed by atoms with E-state index in [1.165, 1.54) is 31.2 Å². The van der Waals surface area contributed by atoms with Gasteiger partial charge in [-0.1, -0.05) is 30.6 Å². The molecule has 152 valence electrons. The number of carbonyl (C=O) groups is 1. The number of hydrogen-bond donors (Lipinski definition) is 2. The van der Waals surface area contributed by atoms with Crippen LogP contribution in [-0.2, 0) is 14.8 Å². The van der Waals surface area contributed by atoms with E-state index in [4.69, 9.17) is 16.1 Å². The summed E-state index contributed by atoms with van der Waals surface area (Å²) in [7, 11) is -3.86. The third-order valence-electron chi connectivity index (χ3n) is 4.48. The zero-order valence-corrected chi connectivity index (χ0v) is 17.4. The predicted octanol–water partition coefficient (Wildman–Crippen LogP) is 2.78. The Bertz CT molecular complexity index is 939. The van der Waals surface area contributed by atoms with Gasteiger partial charge in [-0.2, -0.15) is 9.71 Å². The maximum atomic E-state index is 12.6. The van der Waals surface area contributed by atoms with Crippen molar-refractivity contribution >= 4 is 27.5 Å². The first-order chi connectivity index (χ1) is 13.2. The number of halogens is 1. The van der Waals surface area contributed by atoms with Crippen molar-refractivity contribution in [2.24, 2.45) is 5.92 Å². The summed E-state index contributed by atoms with van der Waals surface area (Å²) < 4.78 is 32.6. The van der Waals surface area contributed by atoms with E-state index in [0.29, 0.717) is 22.7 Å². The van der Waals surface area contributed by atoms with Gasteiger partial charge in [-0.05, 0) is 49.9 Å². The van der Waals surface area contributed by atoms with E-state index in [-0.39, 0.29) is 10.8 Å². The Morgan fingerprint density at radius 3 is 2.43 bits per heavy atom. The van der Waals surface area contributed by atoms with Gasteiger partial charge in [0.15, 0.2) is 5.82 Å². The Labute approximate surface area is 169 Å². The second kappa shape index (κ2) is 8.18. The minimum absolute atomic E-state index is 0.0171. The molecule has 8 nitrogen and oxygen atoms in total. The standard InChI is InChI=1S/C18H23ClN4O4S/c1-10(2)15(18-21-16(22-27-18)12-4-5-12)20-17(24)11(3)23-28(25,26)14-8-6-13(19)7-9-14/h6-12,15,23H,4-5H2,1-3H3,(H,20,24)/t11-,15?/m0/s1. The van der Waals surface area contributed by atoms with E-state index >= 15 is 0 Å². The van der Waals surface area contributed by atoms with Crippen LogP contribution in [0.4, 0.5) is 0 Å². The molecule has 0 bridgehead atoms. The number of nitrogens with zero attached hydrogens (tertiary/aromatic N) is 2. The van der Waals surface area contributed by atoms with Crippen LogP contribution >= 0.6 is 11.6 Å². The van der Waals surface area contributed by atoms with E-state index in [2.05, 4.69) is 20.2 Å². The molecule has 1 heterocycles. The molecule has 1 unspecified atom stereocenters. The highest BCUT2D eigenvalue weighted by Gasteiger charge is 2.32. The van der Waals surface area contributed by atoms with Gasteiger partial charge in [-0.3, -0.25) is 4.79 Å². The van der Waals surface area contributed by atoms with E-state index in [1.807, 2.05) is 13.8 Å². The first-order valence-electron chi connectivity index (χ1n) is 9.09. The summed E-state index contributed by atoms with van der Waals surface area (Å²) in [4.78, 5) is 17.0. The second-order valence-electron chi connectivity index (χ2n) is 7.29. The number of benzene rings is 1. The summed E-state index contributed by atoms with van der Waals surface area (Å²) in [5.74, 6) is 0.828. The largest absolute Gasteiger partial charge is 0.343 e. The summed E-state index contributed by atoms with van der Waals surface area (Å²) >= 11 is 5.79. The van der Waals surface area contributed by atoms with E-state index in [0.717, 1.165) is 12.8 Å². The normalized spacial score (nSPS) is 16.8. The lowest BCUT2D eigenvalue weighted by molar-refractivity contribution is -0.123. The lowest BCUT2D eigenvalue weighted by atomic mass is 10.0. The third-order valence-corrected chi connectivity index (χ3v) is 6.29. The van der Waals surface area contributed by atoms with Crippen LogP contribution in [-0.4, -0.2) is 30.5 Å². The topological polar surface area (TPSA) is 114 Å². The quantitative estimate of drug-likeness (QED) is 0.670. The molecule has 0 spiro atoms. The van der Waals surface area contributed by atoms with Crippen molar-refractivity contribution in [3.63, 3.8) is 0 Å². The zero-order valence-electron chi connectivity index (χ0n) is 15.8.